The monoisotopic (exact) mass is 448 g/mol. The normalized spacial score (nSPS) is 15.6. The molecule has 7 heteroatoms. The Kier molecular flexibility index (Phi) is 4.58. The number of aromatic nitrogens is 3. The third-order valence-corrected chi connectivity index (χ3v) is 7.47. The van der Waals surface area contributed by atoms with Gasteiger partial charge in [-0.15, -0.1) is 11.3 Å². The number of hydrogen-bond acceptors (Lipinski definition) is 5. The van der Waals surface area contributed by atoms with Crippen molar-refractivity contribution in [2.75, 3.05) is 11.9 Å². The highest BCUT2D eigenvalue weighted by atomic mass is 35.5. The SMILES string of the molecule is O=c1cc(C2CC2)cnn1Cc1cc2nccc(-c3cc(Cl)cc4c3NCCC4)c2s1. The van der Waals surface area contributed by atoms with Gasteiger partial charge in [0.05, 0.1) is 23.0 Å². The highest BCUT2D eigenvalue weighted by molar-refractivity contribution is 7.19. The van der Waals surface area contributed by atoms with Crippen molar-refractivity contribution in [3.8, 4) is 11.1 Å². The molecule has 1 fully saturated rings. The van der Waals surface area contributed by atoms with E-state index in [9.17, 15) is 4.79 Å². The number of hydrogen-bond donors (Lipinski definition) is 1. The first-order valence-electron chi connectivity index (χ1n) is 10.7. The maximum absolute atomic E-state index is 12.5. The van der Waals surface area contributed by atoms with Gasteiger partial charge in [0, 0.05) is 45.5 Å². The van der Waals surface area contributed by atoms with Crippen LogP contribution in [0.4, 0.5) is 5.69 Å². The minimum absolute atomic E-state index is 0.0388. The Hall–Kier alpha value is -2.70. The Balaban J connectivity index is 1.41. The topological polar surface area (TPSA) is 59.8 Å². The molecule has 0 saturated heterocycles. The maximum atomic E-state index is 12.5. The lowest BCUT2D eigenvalue weighted by molar-refractivity contribution is 0.640. The number of nitrogens with zero attached hydrogens (tertiary/aromatic N) is 3. The molecule has 4 aromatic rings. The van der Waals surface area contributed by atoms with Crippen LogP contribution in [0.1, 0.15) is 41.2 Å². The molecule has 0 amide bonds. The molecule has 0 unspecified atom stereocenters. The van der Waals surface area contributed by atoms with Gasteiger partial charge >= 0.3 is 0 Å². The molecule has 0 spiro atoms. The second-order valence-electron chi connectivity index (χ2n) is 8.36. The van der Waals surface area contributed by atoms with E-state index in [1.54, 1.807) is 22.1 Å². The number of pyridine rings is 1. The molecule has 1 saturated carbocycles. The molecule has 0 bridgehead atoms. The maximum Gasteiger partial charge on any atom is 0.267 e. The van der Waals surface area contributed by atoms with Crippen molar-refractivity contribution in [1.29, 1.82) is 0 Å². The Morgan fingerprint density at radius 2 is 2.10 bits per heavy atom. The fraction of sp³-hybridized carbons (Fsp3) is 0.292. The third kappa shape index (κ3) is 3.54. The largest absolute Gasteiger partial charge is 0.384 e. The molecule has 3 aromatic heterocycles. The van der Waals surface area contributed by atoms with Crippen LogP contribution >= 0.6 is 22.9 Å². The number of nitrogens with one attached hydrogen (secondary N) is 1. The first-order chi connectivity index (χ1) is 15.2. The van der Waals surface area contributed by atoms with Crippen LogP contribution in [0.2, 0.25) is 5.02 Å². The molecule has 156 valence electrons. The molecular formula is C24H21ClN4OS. The molecule has 1 aromatic carbocycles. The molecular weight excluding hydrogens is 428 g/mol. The summed E-state index contributed by atoms with van der Waals surface area (Å²) in [7, 11) is 0. The minimum atomic E-state index is -0.0388. The summed E-state index contributed by atoms with van der Waals surface area (Å²) in [4.78, 5) is 18.2. The van der Waals surface area contributed by atoms with E-state index in [0.717, 1.165) is 69.0 Å². The zero-order chi connectivity index (χ0) is 20.9. The lowest BCUT2D eigenvalue weighted by Crippen LogP contribution is -2.22. The van der Waals surface area contributed by atoms with Crippen molar-refractivity contribution >= 4 is 38.8 Å². The zero-order valence-electron chi connectivity index (χ0n) is 16.9. The van der Waals surface area contributed by atoms with E-state index in [2.05, 4.69) is 33.6 Å². The molecule has 6 rings (SSSR count). The number of rotatable bonds is 4. The molecule has 5 nitrogen and oxygen atoms in total. The third-order valence-electron chi connectivity index (χ3n) is 6.11. The van der Waals surface area contributed by atoms with Gasteiger partial charge in [0.1, 0.15) is 0 Å². The van der Waals surface area contributed by atoms with Crippen LogP contribution in [0.5, 0.6) is 0 Å². The summed E-state index contributed by atoms with van der Waals surface area (Å²) in [5.41, 5.74) is 6.65. The fourth-order valence-corrected chi connectivity index (χ4v) is 5.77. The van der Waals surface area contributed by atoms with Gasteiger partial charge in [-0.05, 0) is 67.0 Å². The Morgan fingerprint density at radius 3 is 2.94 bits per heavy atom. The summed E-state index contributed by atoms with van der Waals surface area (Å²) in [5, 5.41) is 8.74. The average Bonchev–Trinajstić information content (AvgIpc) is 3.53. The summed E-state index contributed by atoms with van der Waals surface area (Å²) in [6, 6.07) is 9.96. The summed E-state index contributed by atoms with van der Waals surface area (Å²) < 4.78 is 2.65. The number of aryl methyl sites for hydroxylation is 1. The number of fused-ring (bicyclic) bond motifs is 2. The summed E-state index contributed by atoms with van der Waals surface area (Å²) in [5.74, 6) is 0.531. The highest BCUT2D eigenvalue weighted by Crippen LogP contribution is 2.42. The standard InChI is InChI=1S/C24H21ClN4OS/c25-17-8-15-2-1-6-27-23(15)20(10-17)19-5-7-26-21-11-18(31-24(19)21)13-29-22(30)9-16(12-28-29)14-3-4-14/h5,7-12,14,27H,1-4,6,13H2. The van der Waals surface area contributed by atoms with Gasteiger partial charge in [0.15, 0.2) is 0 Å². The van der Waals surface area contributed by atoms with Gasteiger partial charge in [0.25, 0.3) is 5.56 Å². The lowest BCUT2D eigenvalue weighted by Gasteiger charge is -2.22. The fourth-order valence-electron chi connectivity index (χ4n) is 4.41. The zero-order valence-corrected chi connectivity index (χ0v) is 18.5. The van der Waals surface area contributed by atoms with Crippen molar-refractivity contribution in [2.24, 2.45) is 0 Å². The smallest absolute Gasteiger partial charge is 0.267 e. The Bertz CT molecular complexity index is 1370. The van der Waals surface area contributed by atoms with E-state index in [-0.39, 0.29) is 5.56 Å². The Labute approximate surface area is 188 Å². The van der Waals surface area contributed by atoms with Crippen LogP contribution in [0.15, 0.2) is 47.5 Å². The molecule has 31 heavy (non-hydrogen) atoms. The number of benzene rings is 1. The van der Waals surface area contributed by atoms with E-state index in [0.29, 0.717) is 12.5 Å². The molecule has 0 atom stereocenters. The second kappa shape index (κ2) is 7.46. The van der Waals surface area contributed by atoms with Crippen molar-refractivity contribution in [3.63, 3.8) is 0 Å². The Morgan fingerprint density at radius 1 is 1.19 bits per heavy atom. The molecule has 1 aliphatic carbocycles. The van der Waals surface area contributed by atoms with Crippen molar-refractivity contribution < 1.29 is 0 Å². The summed E-state index contributed by atoms with van der Waals surface area (Å²) >= 11 is 8.13. The molecule has 1 aliphatic heterocycles. The quantitative estimate of drug-likeness (QED) is 0.450. The van der Waals surface area contributed by atoms with Gasteiger partial charge in [-0.3, -0.25) is 9.78 Å². The minimum Gasteiger partial charge on any atom is -0.384 e. The predicted octanol–water partition coefficient (Wildman–Crippen LogP) is 5.46. The van der Waals surface area contributed by atoms with Gasteiger partial charge in [-0.1, -0.05) is 11.6 Å². The van der Waals surface area contributed by atoms with E-state index >= 15 is 0 Å². The van der Waals surface area contributed by atoms with E-state index in [1.165, 1.54) is 11.3 Å². The number of halogens is 1. The van der Waals surface area contributed by atoms with Crippen LogP contribution < -0.4 is 10.9 Å². The van der Waals surface area contributed by atoms with E-state index < -0.39 is 0 Å². The van der Waals surface area contributed by atoms with Crippen LogP contribution in [0.3, 0.4) is 0 Å². The van der Waals surface area contributed by atoms with Crippen LogP contribution in [-0.4, -0.2) is 21.3 Å². The number of thiophene rings is 1. The van der Waals surface area contributed by atoms with Gasteiger partial charge in [-0.25, -0.2) is 4.68 Å². The first-order valence-corrected chi connectivity index (χ1v) is 11.9. The second-order valence-corrected chi connectivity index (χ2v) is 9.94. The average molecular weight is 449 g/mol. The van der Waals surface area contributed by atoms with Crippen molar-refractivity contribution in [1.82, 2.24) is 14.8 Å². The van der Waals surface area contributed by atoms with Gasteiger partial charge < -0.3 is 5.32 Å². The van der Waals surface area contributed by atoms with E-state index in [1.807, 2.05) is 18.5 Å². The number of anilines is 1. The van der Waals surface area contributed by atoms with Crippen LogP contribution in [0.25, 0.3) is 21.3 Å². The van der Waals surface area contributed by atoms with E-state index in [4.69, 9.17) is 11.6 Å². The molecule has 1 N–H and O–H groups in total. The molecule has 2 aliphatic rings. The van der Waals surface area contributed by atoms with Crippen molar-refractivity contribution in [2.45, 2.75) is 38.1 Å². The summed E-state index contributed by atoms with van der Waals surface area (Å²) in [6.07, 6.45) is 8.17. The lowest BCUT2D eigenvalue weighted by atomic mass is 9.95. The predicted molar refractivity (Wildman–Crippen MR) is 126 cm³/mol. The van der Waals surface area contributed by atoms with Gasteiger partial charge in [0.2, 0.25) is 0 Å². The molecule has 4 heterocycles. The highest BCUT2D eigenvalue weighted by Gasteiger charge is 2.24. The van der Waals surface area contributed by atoms with Gasteiger partial charge in [-0.2, -0.15) is 5.10 Å². The summed E-state index contributed by atoms with van der Waals surface area (Å²) in [6.45, 7) is 1.42. The van der Waals surface area contributed by atoms with Crippen molar-refractivity contribution in [3.05, 3.63) is 74.1 Å². The first kappa shape index (κ1) is 19.0. The van der Waals surface area contributed by atoms with Crippen LogP contribution in [0, 0.1) is 0 Å². The molecule has 0 radical (unpaired) electrons. The van der Waals surface area contributed by atoms with Crippen LogP contribution in [-0.2, 0) is 13.0 Å².